The van der Waals surface area contributed by atoms with Crippen molar-refractivity contribution in [2.24, 2.45) is 17.3 Å². The second kappa shape index (κ2) is 2.98. The molecule has 1 spiro atoms. The van der Waals surface area contributed by atoms with E-state index < -0.39 is 0 Å². The maximum absolute atomic E-state index is 2.60. The molecule has 1 aliphatic carbocycles. The zero-order chi connectivity index (χ0) is 9.64. The Labute approximate surface area is 82.5 Å². The highest BCUT2D eigenvalue weighted by molar-refractivity contribution is 5.03. The van der Waals surface area contributed by atoms with Crippen molar-refractivity contribution in [3.8, 4) is 0 Å². The Hall–Kier alpha value is -0.0400. The second-order valence-electron chi connectivity index (χ2n) is 5.73. The average molecular weight is 181 g/mol. The van der Waals surface area contributed by atoms with Crippen LogP contribution in [0.4, 0.5) is 0 Å². The van der Waals surface area contributed by atoms with Crippen LogP contribution in [-0.2, 0) is 0 Å². The molecule has 1 heteroatoms. The lowest BCUT2D eigenvalue weighted by Gasteiger charge is -2.45. The third-order valence-corrected chi connectivity index (χ3v) is 4.64. The van der Waals surface area contributed by atoms with Gasteiger partial charge in [-0.1, -0.05) is 20.8 Å². The van der Waals surface area contributed by atoms with E-state index in [0.29, 0.717) is 0 Å². The summed E-state index contributed by atoms with van der Waals surface area (Å²) in [6, 6.07) is 0.850. The first-order chi connectivity index (χ1) is 6.05. The summed E-state index contributed by atoms with van der Waals surface area (Å²) in [5.74, 6) is 1.82. The predicted molar refractivity (Wildman–Crippen MR) is 56.7 cm³/mol. The molecule has 2 aliphatic rings. The lowest BCUT2D eigenvalue weighted by Crippen LogP contribution is -2.40. The third-order valence-electron chi connectivity index (χ3n) is 4.64. The lowest BCUT2D eigenvalue weighted by atomic mass is 9.59. The predicted octanol–water partition coefficient (Wildman–Crippen LogP) is 2.76. The zero-order valence-electron chi connectivity index (χ0n) is 9.51. The van der Waals surface area contributed by atoms with Gasteiger partial charge in [-0.15, -0.1) is 0 Å². The van der Waals surface area contributed by atoms with Gasteiger partial charge in [0.15, 0.2) is 0 Å². The van der Waals surface area contributed by atoms with E-state index in [1.54, 1.807) is 0 Å². The monoisotopic (exact) mass is 181 g/mol. The van der Waals surface area contributed by atoms with Gasteiger partial charge in [0.25, 0.3) is 0 Å². The van der Waals surface area contributed by atoms with Crippen LogP contribution in [-0.4, -0.2) is 24.5 Å². The van der Waals surface area contributed by atoms with E-state index in [4.69, 9.17) is 0 Å². The van der Waals surface area contributed by atoms with Gasteiger partial charge in [0.2, 0.25) is 0 Å². The number of likely N-dealkylation sites (tertiary alicyclic amines) is 1. The molecule has 1 heterocycles. The number of nitrogens with zero attached hydrogens (tertiary/aromatic N) is 1. The summed E-state index contributed by atoms with van der Waals surface area (Å²) in [5.41, 5.74) is 0.726. The van der Waals surface area contributed by atoms with Crippen LogP contribution in [0.2, 0.25) is 0 Å². The van der Waals surface area contributed by atoms with Crippen molar-refractivity contribution in [1.29, 1.82) is 0 Å². The van der Waals surface area contributed by atoms with E-state index in [0.717, 1.165) is 23.3 Å². The fourth-order valence-electron chi connectivity index (χ4n) is 3.37. The van der Waals surface area contributed by atoms with Gasteiger partial charge < -0.3 is 4.90 Å². The van der Waals surface area contributed by atoms with Crippen molar-refractivity contribution in [3.05, 3.63) is 0 Å². The summed E-state index contributed by atoms with van der Waals surface area (Å²) < 4.78 is 0. The highest BCUT2D eigenvalue weighted by atomic mass is 15.2. The largest absolute Gasteiger partial charge is 0.303 e. The van der Waals surface area contributed by atoms with E-state index in [2.05, 4.69) is 32.7 Å². The molecule has 3 unspecified atom stereocenters. The topological polar surface area (TPSA) is 3.24 Å². The number of rotatable bonds is 1. The molecule has 0 aromatic heterocycles. The Morgan fingerprint density at radius 1 is 1.38 bits per heavy atom. The molecule has 76 valence electrons. The summed E-state index contributed by atoms with van der Waals surface area (Å²) in [7, 11) is 2.31. The highest BCUT2D eigenvalue weighted by Crippen LogP contribution is 2.54. The normalized spacial score (nSPS) is 45.9. The first-order valence-electron chi connectivity index (χ1n) is 5.75. The smallest absolute Gasteiger partial charge is 0.0121 e. The fourth-order valence-corrected chi connectivity index (χ4v) is 3.37. The van der Waals surface area contributed by atoms with E-state index in [9.17, 15) is 0 Å². The molecular formula is C12H23N. The van der Waals surface area contributed by atoms with Crippen molar-refractivity contribution in [1.82, 2.24) is 4.90 Å². The van der Waals surface area contributed by atoms with Crippen LogP contribution >= 0.6 is 0 Å². The molecule has 1 saturated carbocycles. The molecule has 1 aliphatic heterocycles. The molecule has 0 bridgehead atoms. The lowest BCUT2D eigenvalue weighted by molar-refractivity contribution is 0.0560. The molecule has 1 nitrogen and oxygen atoms in total. The first kappa shape index (κ1) is 9.51. The molecule has 2 fully saturated rings. The van der Waals surface area contributed by atoms with E-state index in [1.165, 1.54) is 25.8 Å². The molecule has 13 heavy (non-hydrogen) atoms. The molecule has 0 amide bonds. The van der Waals surface area contributed by atoms with Gasteiger partial charge in [-0.05, 0) is 43.6 Å². The summed E-state index contributed by atoms with van der Waals surface area (Å²) >= 11 is 0. The molecule has 3 atom stereocenters. The molecule has 0 radical (unpaired) electrons. The molecule has 0 aromatic carbocycles. The minimum absolute atomic E-state index is 0.726. The maximum atomic E-state index is 2.60. The van der Waals surface area contributed by atoms with Crippen molar-refractivity contribution in [2.75, 3.05) is 13.6 Å². The van der Waals surface area contributed by atoms with E-state index in [1.807, 2.05) is 0 Å². The maximum Gasteiger partial charge on any atom is 0.0121 e. The van der Waals surface area contributed by atoms with Gasteiger partial charge in [0.1, 0.15) is 0 Å². The highest BCUT2D eigenvalue weighted by Gasteiger charge is 2.51. The number of hydrogen-bond donors (Lipinski definition) is 0. The van der Waals surface area contributed by atoms with Gasteiger partial charge in [0, 0.05) is 12.6 Å². The Kier molecular flexibility index (Phi) is 2.18. The quantitative estimate of drug-likeness (QED) is 0.601. The van der Waals surface area contributed by atoms with Gasteiger partial charge >= 0.3 is 0 Å². The minimum atomic E-state index is 0.726. The van der Waals surface area contributed by atoms with Crippen molar-refractivity contribution < 1.29 is 0 Å². The Morgan fingerprint density at radius 3 is 2.31 bits per heavy atom. The van der Waals surface area contributed by atoms with Crippen molar-refractivity contribution >= 4 is 0 Å². The van der Waals surface area contributed by atoms with Gasteiger partial charge in [0.05, 0.1) is 0 Å². The molecule has 2 rings (SSSR count). The zero-order valence-corrected chi connectivity index (χ0v) is 9.51. The van der Waals surface area contributed by atoms with E-state index >= 15 is 0 Å². The SMILES string of the molecule is CC(C)C1CC2(CCC2C)CN1C. The van der Waals surface area contributed by atoms with Crippen LogP contribution in [0.1, 0.15) is 40.0 Å². The summed E-state index contributed by atoms with van der Waals surface area (Å²) in [6.07, 6.45) is 4.42. The van der Waals surface area contributed by atoms with E-state index in [-0.39, 0.29) is 0 Å². The Bertz CT molecular complexity index is 199. The van der Waals surface area contributed by atoms with Crippen molar-refractivity contribution in [2.45, 2.75) is 46.1 Å². The molecule has 0 aromatic rings. The Morgan fingerprint density at radius 2 is 2.08 bits per heavy atom. The van der Waals surface area contributed by atoms with Gasteiger partial charge in [-0.25, -0.2) is 0 Å². The van der Waals surface area contributed by atoms with Gasteiger partial charge in [-0.3, -0.25) is 0 Å². The van der Waals surface area contributed by atoms with Crippen LogP contribution in [0, 0.1) is 17.3 Å². The first-order valence-corrected chi connectivity index (χ1v) is 5.75. The fraction of sp³-hybridized carbons (Fsp3) is 1.00. The molecular weight excluding hydrogens is 158 g/mol. The Balaban J connectivity index is 2.06. The van der Waals surface area contributed by atoms with Gasteiger partial charge in [-0.2, -0.15) is 0 Å². The second-order valence-corrected chi connectivity index (χ2v) is 5.73. The molecule has 1 saturated heterocycles. The standard InChI is InChI=1S/C12H23N/c1-9(2)11-7-12(8-13(11)4)6-5-10(12)3/h9-11H,5-8H2,1-4H3. The third kappa shape index (κ3) is 1.32. The molecule has 0 N–H and O–H groups in total. The van der Waals surface area contributed by atoms with Crippen molar-refractivity contribution in [3.63, 3.8) is 0 Å². The summed E-state index contributed by atoms with van der Waals surface area (Å²) in [6.45, 7) is 8.53. The van der Waals surface area contributed by atoms with Crippen LogP contribution in [0.15, 0.2) is 0 Å². The average Bonchev–Trinajstić information content (AvgIpc) is 2.43. The summed E-state index contributed by atoms with van der Waals surface area (Å²) in [4.78, 5) is 2.60. The van der Waals surface area contributed by atoms with Crippen LogP contribution in [0.25, 0.3) is 0 Å². The van der Waals surface area contributed by atoms with Crippen LogP contribution in [0.5, 0.6) is 0 Å². The minimum Gasteiger partial charge on any atom is -0.303 e. The summed E-state index contributed by atoms with van der Waals surface area (Å²) in [5, 5.41) is 0. The number of hydrogen-bond acceptors (Lipinski definition) is 1. The van der Waals surface area contributed by atoms with Crippen LogP contribution < -0.4 is 0 Å². The van der Waals surface area contributed by atoms with Crippen LogP contribution in [0.3, 0.4) is 0 Å².